The van der Waals surface area contributed by atoms with Gasteiger partial charge in [-0.05, 0) is 43.4 Å². The third-order valence-corrected chi connectivity index (χ3v) is 5.96. The van der Waals surface area contributed by atoms with E-state index in [-0.39, 0.29) is 0 Å². The molecule has 1 aromatic carbocycles. The number of rotatable bonds is 3. The summed E-state index contributed by atoms with van der Waals surface area (Å²) < 4.78 is 6.39. The fraction of sp³-hybridized carbons (Fsp3) is 0.375. The minimum atomic E-state index is 0.774. The molecule has 114 valence electrons. The summed E-state index contributed by atoms with van der Waals surface area (Å²) >= 11 is 3.40. The first-order valence-electron chi connectivity index (χ1n) is 7.41. The Hall–Kier alpha value is -1.66. The number of nitrogens with zero attached hydrogens (tertiary/aromatic N) is 2. The Morgan fingerprint density at radius 2 is 2.09 bits per heavy atom. The molecule has 1 N–H and O–H groups in total. The summed E-state index contributed by atoms with van der Waals surface area (Å²) in [6, 6.07) is 5.95. The third kappa shape index (κ3) is 2.57. The number of anilines is 2. The number of hydrogen-bond donors (Lipinski definition) is 1. The van der Waals surface area contributed by atoms with Gasteiger partial charge in [0.15, 0.2) is 10.3 Å². The molecule has 2 heterocycles. The van der Waals surface area contributed by atoms with Crippen molar-refractivity contribution in [3.05, 3.63) is 28.8 Å². The Bertz CT molecular complexity index is 824. The van der Waals surface area contributed by atoms with E-state index < -0.39 is 0 Å². The molecule has 0 spiro atoms. The minimum absolute atomic E-state index is 0.774. The topological polar surface area (TPSA) is 47.0 Å². The van der Waals surface area contributed by atoms with Crippen molar-refractivity contribution < 1.29 is 4.74 Å². The van der Waals surface area contributed by atoms with Gasteiger partial charge >= 0.3 is 0 Å². The highest BCUT2D eigenvalue weighted by molar-refractivity contribution is 7.22. The van der Waals surface area contributed by atoms with Crippen LogP contribution >= 0.6 is 22.7 Å². The smallest absolute Gasteiger partial charge is 0.190 e. The Kier molecular flexibility index (Phi) is 3.50. The summed E-state index contributed by atoms with van der Waals surface area (Å²) in [6.07, 6.45) is 3.51. The lowest BCUT2D eigenvalue weighted by Gasteiger charge is -2.15. The molecular formula is C16H17N3OS2. The molecular weight excluding hydrogens is 314 g/mol. The van der Waals surface area contributed by atoms with Crippen LogP contribution in [0.2, 0.25) is 0 Å². The van der Waals surface area contributed by atoms with Crippen molar-refractivity contribution in [2.45, 2.75) is 26.2 Å². The maximum atomic E-state index is 5.26. The SMILES string of the molecule is COc1ccc2nc(Nc3nc4c(s3)CC(C)CC4)sc2c1. The fourth-order valence-corrected chi connectivity index (χ4v) is 4.90. The van der Waals surface area contributed by atoms with E-state index in [1.54, 1.807) is 29.8 Å². The van der Waals surface area contributed by atoms with Gasteiger partial charge in [0, 0.05) is 4.88 Å². The second-order valence-corrected chi connectivity index (χ2v) is 7.83. The minimum Gasteiger partial charge on any atom is -0.497 e. The van der Waals surface area contributed by atoms with E-state index in [0.717, 1.165) is 45.0 Å². The maximum absolute atomic E-state index is 5.26. The van der Waals surface area contributed by atoms with Gasteiger partial charge in [-0.15, -0.1) is 11.3 Å². The fourth-order valence-electron chi connectivity index (χ4n) is 2.77. The van der Waals surface area contributed by atoms with E-state index in [1.807, 2.05) is 18.2 Å². The van der Waals surface area contributed by atoms with Crippen LogP contribution in [0.5, 0.6) is 5.75 Å². The van der Waals surface area contributed by atoms with E-state index in [4.69, 9.17) is 9.72 Å². The van der Waals surface area contributed by atoms with Gasteiger partial charge in [0.1, 0.15) is 5.75 Å². The summed E-state index contributed by atoms with van der Waals surface area (Å²) in [5.41, 5.74) is 2.26. The zero-order valence-corrected chi connectivity index (χ0v) is 14.2. The summed E-state index contributed by atoms with van der Waals surface area (Å²) in [5, 5.41) is 5.23. The van der Waals surface area contributed by atoms with Crippen LogP contribution < -0.4 is 10.1 Å². The van der Waals surface area contributed by atoms with Crippen molar-refractivity contribution in [2.24, 2.45) is 5.92 Å². The van der Waals surface area contributed by atoms with Gasteiger partial charge in [0.25, 0.3) is 0 Å². The predicted octanol–water partition coefficient (Wildman–Crippen LogP) is 4.63. The molecule has 0 amide bonds. The molecule has 0 radical (unpaired) electrons. The Morgan fingerprint density at radius 1 is 1.23 bits per heavy atom. The first-order valence-corrected chi connectivity index (χ1v) is 9.05. The van der Waals surface area contributed by atoms with Crippen LogP contribution in [0.15, 0.2) is 18.2 Å². The largest absolute Gasteiger partial charge is 0.497 e. The lowest BCUT2D eigenvalue weighted by molar-refractivity contribution is 0.415. The highest BCUT2D eigenvalue weighted by atomic mass is 32.1. The van der Waals surface area contributed by atoms with Crippen LogP contribution in [0.25, 0.3) is 10.2 Å². The molecule has 0 saturated carbocycles. The van der Waals surface area contributed by atoms with Gasteiger partial charge in [-0.3, -0.25) is 0 Å². The first kappa shape index (κ1) is 14.0. The molecule has 1 unspecified atom stereocenters. The van der Waals surface area contributed by atoms with Crippen LogP contribution in [-0.4, -0.2) is 17.1 Å². The average Bonchev–Trinajstić information content (AvgIpc) is 3.08. The van der Waals surface area contributed by atoms with E-state index in [9.17, 15) is 0 Å². The number of ether oxygens (including phenoxy) is 1. The highest BCUT2D eigenvalue weighted by Crippen LogP contribution is 2.35. The van der Waals surface area contributed by atoms with Crippen molar-refractivity contribution >= 4 is 43.2 Å². The van der Waals surface area contributed by atoms with Crippen molar-refractivity contribution in [1.82, 2.24) is 9.97 Å². The maximum Gasteiger partial charge on any atom is 0.190 e. The number of hydrogen-bond acceptors (Lipinski definition) is 6. The molecule has 1 atom stereocenters. The van der Waals surface area contributed by atoms with Crippen LogP contribution in [-0.2, 0) is 12.8 Å². The van der Waals surface area contributed by atoms with Gasteiger partial charge in [0.05, 0.1) is 23.0 Å². The Labute approximate surface area is 137 Å². The first-order chi connectivity index (χ1) is 10.7. The molecule has 0 fully saturated rings. The molecule has 22 heavy (non-hydrogen) atoms. The number of nitrogens with one attached hydrogen (secondary N) is 1. The molecule has 4 nitrogen and oxygen atoms in total. The molecule has 0 saturated heterocycles. The molecule has 2 aromatic heterocycles. The van der Waals surface area contributed by atoms with E-state index >= 15 is 0 Å². The summed E-state index contributed by atoms with van der Waals surface area (Å²) in [7, 11) is 1.68. The summed E-state index contributed by atoms with van der Waals surface area (Å²) in [4.78, 5) is 10.8. The number of methoxy groups -OCH3 is 1. The third-order valence-electron chi connectivity index (χ3n) is 4.00. The highest BCUT2D eigenvalue weighted by Gasteiger charge is 2.20. The summed E-state index contributed by atoms with van der Waals surface area (Å²) in [5.74, 6) is 1.64. The number of benzene rings is 1. The number of aromatic nitrogens is 2. The van der Waals surface area contributed by atoms with Crippen LogP contribution in [0.1, 0.15) is 23.9 Å². The van der Waals surface area contributed by atoms with Gasteiger partial charge in [0.2, 0.25) is 0 Å². The molecule has 1 aliphatic rings. The second kappa shape index (κ2) is 5.52. The van der Waals surface area contributed by atoms with Crippen LogP contribution in [0, 0.1) is 5.92 Å². The van der Waals surface area contributed by atoms with Gasteiger partial charge in [-0.1, -0.05) is 18.3 Å². The van der Waals surface area contributed by atoms with Gasteiger partial charge in [-0.25, -0.2) is 9.97 Å². The molecule has 1 aliphatic carbocycles. The van der Waals surface area contributed by atoms with Crippen molar-refractivity contribution in [3.8, 4) is 5.75 Å². The van der Waals surface area contributed by atoms with Gasteiger partial charge < -0.3 is 10.1 Å². The average molecular weight is 331 g/mol. The molecule has 3 aromatic rings. The van der Waals surface area contributed by atoms with Crippen molar-refractivity contribution in [2.75, 3.05) is 12.4 Å². The Morgan fingerprint density at radius 3 is 2.95 bits per heavy atom. The van der Waals surface area contributed by atoms with Crippen molar-refractivity contribution in [1.29, 1.82) is 0 Å². The molecule has 0 bridgehead atoms. The van der Waals surface area contributed by atoms with Gasteiger partial charge in [-0.2, -0.15) is 0 Å². The van der Waals surface area contributed by atoms with Crippen molar-refractivity contribution in [3.63, 3.8) is 0 Å². The number of fused-ring (bicyclic) bond motifs is 2. The molecule has 4 rings (SSSR count). The number of aryl methyl sites for hydroxylation is 1. The van der Waals surface area contributed by atoms with E-state index in [0.29, 0.717) is 0 Å². The monoisotopic (exact) mass is 331 g/mol. The zero-order chi connectivity index (χ0) is 15.1. The lowest BCUT2D eigenvalue weighted by Crippen LogP contribution is -2.09. The normalized spacial score (nSPS) is 17.5. The molecule has 0 aliphatic heterocycles. The van der Waals surface area contributed by atoms with Crippen LogP contribution in [0.3, 0.4) is 0 Å². The summed E-state index contributed by atoms with van der Waals surface area (Å²) in [6.45, 7) is 2.32. The van der Waals surface area contributed by atoms with E-state index in [2.05, 4.69) is 17.2 Å². The second-order valence-electron chi connectivity index (χ2n) is 5.71. The predicted molar refractivity (Wildman–Crippen MR) is 92.8 cm³/mol. The lowest BCUT2D eigenvalue weighted by atomic mass is 9.93. The molecule has 6 heteroatoms. The van der Waals surface area contributed by atoms with Crippen LogP contribution in [0.4, 0.5) is 10.3 Å². The standard InChI is InChI=1S/C16H17N3OS2/c1-9-3-5-11-13(7-9)21-15(17-11)19-16-18-12-6-4-10(20-2)8-14(12)22-16/h4,6,8-9H,3,5,7H2,1-2H3,(H,17,18,19). The Balaban J connectivity index is 1.60. The quantitative estimate of drug-likeness (QED) is 0.760. The van der Waals surface area contributed by atoms with E-state index in [1.165, 1.54) is 17.0 Å². The number of thiazole rings is 2. The zero-order valence-electron chi connectivity index (χ0n) is 12.5.